The Morgan fingerprint density at radius 1 is 0.594 bits per heavy atom. The Morgan fingerprint density at radius 2 is 1.28 bits per heavy atom. The molecule has 0 bridgehead atoms. The molecule has 64 heavy (non-hydrogen) atoms. The molecular weight excluding hydrogens is 877 g/mol. The van der Waals surface area contributed by atoms with Crippen LogP contribution < -0.4 is 14.5 Å². The molecule has 7 heteroatoms. The van der Waals surface area contributed by atoms with Crippen LogP contribution >= 0.6 is 0 Å². The zero-order chi connectivity index (χ0) is 45.2. The molecule has 0 amide bonds. The number of rotatable bonds is 8. The molecule has 0 atom stereocenters. The largest absolute Gasteiger partial charge is 0.509 e. The Balaban J connectivity index is 0.00000525. The van der Waals surface area contributed by atoms with Crippen LogP contribution in [0.2, 0.25) is 0 Å². The second-order valence-electron chi connectivity index (χ2n) is 16.9. The average molecular weight is 924 g/mol. The van der Waals surface area contributed by atoms with Crippen molar-refractivity contribution in [3.8, 4) is 45.3 Å². The van der Waals surface area contributed by atoms with Gasteiger partial charge < -0.3 is 23.7 Å². The molecule has 0 saturated carbocycles. The Morgan fingerprint density at radius 3 is 2.05 bits per heavy atom. The van der Waals surface area contributed by atoms with Crippen molar-refractivity contribution in [2.45, 2.75) is 33.0 Å². The van der Waals surface area contributed by atoms with Gasteiger partial charge in [0.15, 0.2) is 0 Å². The summed E-state index contributed by atoms with van der Waals surface area (Å²) in [5.41, 5.74) is 11.2. The summed E-state index contributed by atoms with van der Waals surface area (Å²) < 4.78 is 37.2. The van der Waals surface area contributed by atoms with Crippen LogP contribution in [-0.4, -0.2) is 14.1 Å². The van der Waals surface area contributed by atoms with Crippen molar-refractivity contribution in [1.29, 1.82) is 0 Å². The van der Waals surface area contributed by atoms with E-state index in [1.165, 1.54) is 5.56 Å². The van der Waals surface area contributed by atoms with Crippen molar-refractivity contribution in [3.05, 3.63) is 218 Å². The van der Waals surface area contributed by atoms with Gasteiger partial charge in [0, 0.05) is 70.1 Å². The Labute approximate surface area is 392 Å². The van der Waals surface area contributed by atoms with Crippen molar-refractivity contribution in [2.24, 2.45) is 0 Å². The fourth-order valence-corrected chi connectivity index (χ4v) is 8.61. The van der Waals surface area contributed by atoms with Crippen LogP contribution in [0.4, 0.5) is 11.4 Å². The number of fused-ring (bicyclic) bond motifs is 5. The molecule has 3 aromatic heterocycles. The summed E-state index contributed by atoms with van der Waals surface area (Å²) in [6, 6.07) is 64.0. The van der Waals surface area contributed by atoms with Crippen LogP contribution in [0, 0.1) is 25.7 Å². The van der Waals surface area contributed by atoms with Gasteiger partial charge in [0.25, 0.3) is 0 Å². The second-order valence-corrected chi connectivity index (χ2v) is 16.9. The van der Waals surface area contributed by atoms with Crippen molar-refractivity contribution in [3.63, 3.8) is 0 Å². The van der Waals surface area contributed by atoms with Crippen molar-refractivity contribution >= 4 is 44.2 Å². The van der Waals surface area contributed by atoms with E-state index in [9.17, 15) is 0 Å². The predicted octanol–water partition coefficient (Wildman–Crippen LogP) is 14.4. The predicted molar refractivity (Wildman–Crippen MR) is 259 cm³/mol. The molecule has 4 heterocycles. The Kier molecular flexibility index (Phi) is 9.65. The smallest absolute Gasteiger partial charge is 0.135 e. The fraction of sp³-hybridized carbons (Fsp3) is 0.0877. The third-order valence-electron chi connectivity index (χ3n) is 11.7. The first-order valence-corrected chi connectivity index (χ1v) is 21.1. The molecule has 11 rings (SSSR count). The molecule has 316 valence electrons. The van der Waals surface area contributed by atoms with E-state index in [4.69, 9.17) is 13.8 Å². The molecule has 0 radical (unpaired) electrons. The van der Waals surface area contributed by atoms with Crippen LogP contribution in [0.1, 0.15) is 36.0 Å². The summed E-state index contributed by atoms with van der Waals surface area (Å²) >= 11 is 0. The number of pyridine rings is 1. The van der Waals surface area contributed by atoms with E-state index in [0.29, 0.717) is 28.4 Å². The Hall–Kier alpha value is -7.17. The maximum atomic E-state index is 8.71. The maximum Gasteiger partial charge on any atom is 0.135 e. The van der Waals surface area contributed by atoms with E-state index in [0.717, 1.165) is 61.1 Å². The van der Waals surface area contributed by atoms with Gasteiger partial charge in [-0.05, 0) is 83.3 Å². The van der Waals surface area contributed by atoms with E-state index in [2.05, 4.69) is 133 Å². The second kappa shape index (κ2) is 16.5. The average Bonchev–Trinajstić information content (AvgIpc) is 4.05. The van der Waals surface area contributed by atoms with E-state index < -0.39 is 6.85 Å². The minimum absolute atomic E-state index is 0. The van der Waals surface area contributed by atoms with Crippen LogP contribution in [0.15, 0.2) is 188 Å². The molecule has 0 aliphatic carbocycles. The maximum absolute atomic E-state index is 8.71. The van der Waals surface area contributed by atoms with Gasteiger partial charge in [0.05, 0.1) is 11.0 Å². The molecule has 0 fully saturated rings. The SMILES string of the molecule is [2H]C([2H])([2H])c1cc(-n2c3[c-]c(Oc4[c-]c(N5C=CN(c6cccc(C(C)(C)C)c6)[CH-]5)cc(-c5ccccc5)c4)ccc3c3c2c2ccccc2n3-c2ccccc2)ncc1-c1ccccc1.[Pd]. The first-order chi connectivity index (χ1) is 32.0. The van der Waals surface area contributed by atoms with Gasteiger partial charge in [-0.25, -0.2) is 4.98 Å². The topological polar surface area (TPSA) is 38.5 Å². The van der Waals surface area contributed by atoms with Crippen LogP contribution in [0.3, 0.4) is 0 Å². The monoisotopic (exact) mass is 923 g/mol. The summed E-state index contributed by atoms with van der Waals surface area (Å²) in [7, 11) is 0. The van der Waals surface area contributed by atoms with Gasteiger partial charge in [-0.15, -0.1) is 48.3 Å². The van der Waals surface area contributed by atoms with Crippen LogP contribution in [-0.2, 0) is 25.8 Å². The number of nitrogens with zero attached hydrogens (tertiary/aromatic N) is 5. The number of hydrogen-bond donors (Lipinski definition) is 0. The summed E-state index contributed by atoms with van der Waals surface area (Å²) in [5, 5.41) is 1.88. The van der Waals surface area contributed by atoms with Gasteiger partial charge in [0.1, 0.15) is 5.82 Å². The Bertz CT molecular complexity index is 3470. The number of aryl methyl sites for hydroxylation is 1. The standard InChI is InChI=1S/C57H44N5O.Pd/c1-39-31-54(58-37-51(39)41-19-10-6-11-20-41)62-53-36-47(27-28-50(53)55-56(62)49-25-14-15-26-52(49)61(55)44-22-12-7-13-23-44)63-48-33-42(40-17-8-5-9-18-40)32-46(35-48)60-30-29-59(38-60)45-24-16-21-43(34-45)57(2,3)4;/h5-34,37-38H,1-4H3;/q-3;/i1D3;. The summed E-state index contributed by atoms with van der Waals surface area (Å²) in [5.74, 6) is 1.43. The minimum atomic E-state index is -2.42. The third kappa shape index (κ3) is 7.37. The van der Waals surface area contributed by atoms with Crippen molar-refractivity contribution in [1.82, 2.24) is 14.1 Å². The van der Waals surface area contributed by atoms with Crippen LogP contribution in [0.25, 0.3) is 66.6 Å². The summed E-state index contributed by atoms with van der Waals surface area (Å²) in [6.45, 7) is 6.30. The molecule has 7 aromatic carbocycles. The fourth-order valence-electron chi connectivity index (χ4n) is 8.61. The first kappa shape index (κ1) is 37.4. The molecule has 6 nitrogen and oxygen atoms in total. The first-order valence-electron chi connectivity index (χ1n) is 22.6. The number of aromatic nitrogens is 3. The zero-order valence-electron chi connectivity index (χ0n) is 38.4. The van der Waals surface area contributed by atoms with Crippen molar-refractivity contribution < 1.29 is 29.3 Å². The minimum Gasteiger partial charge on any atom is -0.509 e. The summed E-state index contributed by atoms with van der Waals surface area (Å²) in [6.07, 6.45) is 5.76. The number of para-hydroxylation sites is 2. The van der Waals surface area contributed by atoms with Crippen molar-refractivity contribution in [2.75, 3.05) is 9.80 Å². The molecule has 0 spiro atoms. The van der Waals surface area contributed by atoms with E-state index in [1.54, 1.807) is 12.3 Å². The van der Waals surface area contributed by atoms with E-state index in [-0.39, 0.29) is 31.4 Å². The number of ether oxygens (including phenoxy) is 1. The van der Waals surface area contributed by atoms with Gasteiger partial charge in [-0.2, -0.15) is 6.07 Å². The molecule has 10 aromatic rings. The van der Waals surface area contributed by atoms with Gasteiger partial charge >= 0.3 is 0 Å². The molecule has 1 aliphatic heterocycles. The molecule has 0 unspecified atom stereocenters. The normalized spacial score (nSPS) is 13.6. The number of hydrogen-bond acceptors (Lipinski definition) is 4. The zero-order valence-corrected chi connectivity index (χ0v) is 37.0. The van der Waals surface area contributed by atoms with Gasteiger partial charge in [-0.1, -0.05) is 141 Å². The van der Waals surface area contributed by atoms with E-state index >= 15 is 0 Å². The van der Waals surface area contributed by atoms with Crippen LogP contribution in [0.5, 0.6) is 11.5 Å². The quantitative estimate of drug-likeness (QED) is 0.112. The number of benzene rings is 7. The van der Waals surface area contributed by atoms with Gasteiger partial charge in [-0.3, -0.25) is 0 Å². The molecule has 0 saturated heterocycles. The third-order valence-corrected chi connectivity index (χ3v) is 11.7. The van der Waals surface area contributed by atoms with Gasteiger partial charge in [0.2, 0.25) is 0 Å². The number of anilines is 2. The van der Waals surface area contributed by atoms with E-state index in [1.807, 2.05) is 102 Å². The summed E-state index contributed by atoms with van der Waals surface area (Å²) in [4.78, 5) is 9.20. The molecule has 1 aliphatic rings. The molecule has 0 N–H and O–H groups in total. The molecular formula is C57H44N5OPd-3.